The van der Waals surface area contributed by atoms with Gasteiger partial charge in [-0.1, -0.05) is 6.07 Å². The van der Waals surface area contributed by atoms with Crippen molar-refractivity contribution in [1.29, 1.82) is 0 Å². The number of carbonyl (C=O) groups is 1. The predicted octanol–water partition coefficient (Wildman–Crippen LogP) is 3.05. The minimum atomic E-state index is -0.500. The van der Waals surface area contributed by atoms with E-state index in [9.17, 15) is 9.18 Å². The average molecular weight is 343 g/mol. The highest BCUT2D eigenvalue weighted by Crippen LogP contribution is 2.20. The van der Waals surface area contributed by atoms with Crippen LogP contribution in [0.5, 0.6) is 0 Å². The summed E-state index contributed by atoms with van der Waals surface area (Å²) in [6, 6.07) is 5.30. The van der Waals surface area contributed by atoms with Crippen LogP contribution < -0.4 is 5.32 Å². The Hall–Kier alpha value is -0.940. The molecule has 1 atom stereocenters. The van der Waals surface area contributed by atoms with E-state index in [2.05, 4.69) is 40.0 Å². The standard InChI is InChI=1S/C15H20BrFN2O/c1-10(2)19-7-6-11(9-19)8-18-15(20)12-4-3-5-13(16)14(12)17/h3-5,10-11H,6-9H2,1-2H3,(H,18,20). The van der Waals surface area contributed by atoms with E-state index in [1.165, 1.54) is 6.07 Å². The summed E-state index contributed by atoms with van der Waals surface area (Å²) >= 11 is 3.09. The molecule has 1 amide bonds. The third-order valence-corrected chi connectivity index (χ3v) is 4.41. The molecule has 3 nitrogen and oxygen atoms in total. The molecule has 0 bridgehead atoms. The Kier molecular flexibility index (Phi) is 5.16. The van der Waals surface area contributed by atoms with Crippen LogP contribution >= 0.6 is 15.9 Å². The van der Waals surface area contributed by atoms with Gasteiger partial charge in [0.2, 0.25) is 0 Å². The number of halogens is 2. The summed E-state index contributed by atoms with van der Waals surface area (Å²) in [5, 5.41) is 2.84. The van der Waals surface area contributed by atoms with E-state index in [1.54, 1.807) is 12.1 Å². The summed E-state index contributed by atoms with van der Waals surface area (Å²) in [4.78, 5) is 14.4. The molecule has 1 heterocycles. The van der Waals surface area contributed by atoms with Gasteiger partial charge in [0.05, 0.1) is 10.0 Å². The quantitative estimate of drug-likeness (QED) is 0.911. The largest absolute Gasteiger partial charge is 0.352 e. The van der Waals surface area contributed by atoms with Crippen molar-refractivity contribution in [2.75, 3.05) is 19.6 Å². The summed E-state index contributed by atoms with van der Waals surface area (Å²) in [6.45, 7) is 7.03. The van der Waals surface area contributed by atoms with E-state index in [4.69, 9.17) is 0 Å². The van der Waals surface area contributed by atoms with E-state index < -0.39 is 5.82 Å². The van der Waals surface area contributed by atoms with Crippen molar-refractivity contribution in [3.05, 3.63) is 34.1 Å². The van der Waals surface area contributed by atoms with Crippen LogP contribution in [0.15, 0.2) is 22.7 Å². The Morgan fingerprint density at radius 1 is 1.55 bits per heavy atom. The van der Waals surface area contributed by atoms with Crippen molar-refractivity contribution in [2.24, 2.45) is 5.92 Å². The molecule has 2 rings (SSSR count). The molecular weight excluding hydrogens is 323 g/mol. The summed E-state index contributed by atoms with van der Waals surface area (Å²) < 4.78 is 14.1. The summed E-state index contributed by atoms with van der Waals surface area (Å²) in [5.41, 5.74) is 0.0955. The number of hydrogen-bond donors (Lipinski definition) is 1. The van der Waals surface area contributed by atoms with E-state index in [-0.39, 0.29) is 11.5 Å². The highest BCUT2D eigenvalue weighted by Gasteiger charge is 2.24. The molecule has 20 heavy (non-hydrogen) atoms. The average Bonchev–Trinajstić information content (AvgIpc) is 2.88. The molecule has 1 N–H and O–H groups in total. The first-order valence-corrected chi connectivity index (χ1v) is 7.74. The molecular formula is C15H20BrFN2O. The monoisotopic (exact) mass is 342 g/mol. The highest BCUT2D eigenvalue weighted by molar-refractivity contribution is 9.10. The van der Waals surface area contributed by atoms with Crippen LogP contribution in [0.1, 0.15) is 30.6 Å². The van der Waals surface area contributed by atoms with Crippen molar-refractivity contribution in [2.45, 2.75) is 26.3 Å². The summed E-state index contributed by atoms with van der Waals surface area (Å²) in [5.74, 6) is -0.386. The summed E-state index contributed by atoms with van der Waals surface area (Å²) in [7, 11) is 0. The molecule has 0 aromatic heterocycles. The molecule has 1 saturated heterocycles. The second-order valence-electron chi connectivity index (χ2n) is 5.55. The van der Waals surface area contributed by atoms with Crippen molar-refractivity contribution in [3.63, 3.8) is 0 Å². The lowest BCUT2D eigenvalue weighted by Gasteiger charge is -2.20. The maximum atomic E-state index is 13.8. The van der Waals surface area contributed by atoms with Gasteiger partial charge < -0.3 is 10.2 Å². The third kappa shape index (κ3) is 3.58. The first kappa shape index (κ1) is 15.4. The van der Waals surface area contributed by atoms with Gasteiger partial charge in [-0.25, -0.2) is 4.39 Å². The third-order valence-electron chi connectivity index (χ3n) is 3.80. The number of nitrogens with zero attached hydrogens (tertiary/aromatic N) is 1. The Morgan fingerprint density at radius 3 is 2.95 bits per heavy atom. The van der Waals surface area contributed by atoms with Gasteiger partial charge in [-0.05, 0) is 60.8 Å². The second kappa shape index (κ2) is 6.68. The van der Waals surface area contributed by atoms with Crippen LogP contribution in [0.4, 0.5) is 4.39 Å². The minimum absolute atomic E-state index is 0.0955. The number of nitrogens with one attached hydrogen (secondary N) is 1. The van der Waals surface area contributed by atoms with Crippen LogP contribution in [0.3, 0.4) is 0 Å². The molecule has 1 aromatic carbocycles. The fourth-order valence-electron chi connectivity index (χ4n) is 2.51. The topological polar surface area (TPSA) is 32.3 Å². The van der Waals surface area contributed by atoms with Crippen LogP contribution in [0.2, 0.25) is 0 Å². The molecule has 1 unspecified atom stereocenters. The highest BCUT2D eigenvalue weighted by atomic mass is 79.9. The van der Waals surface area contributed by atoms with Gasteiger partial charge in [-0.2, -0.15) is 0 Å². The number of hydrogen-bond acceptors (Lipinski definition) is 2. The van der Waals surface area contributed by atoms with Crippen LogP contribution in [0, 0.1) is 11.7 Å². The molecule has 0 spiro atoms. The fraction of sp³-hybridized carbons (Fsp3) is 0.533. The lowest BCUT2D eigenvalue weighted by Crippen LogP contribution is -2.33. The lowest BCUT2D eigenvalue weighted by atomic mass is 10.1. The number of benzene rings is 1. The molecule has 1 fully saturated rings. The Balaban J connectivity index is 1.89. The first-order valence-electron chi connectivity index (χ1n) is 6.95. The van der Waals surface area contributed by atoms with Gasteiger partial charge in [0.25, 0.3) is 5.91 Å². The van der Waals surface area contributed by atoms with Gasteiger partial charge in [0.15, 0.2) is 0 Å². The van der Waals surface area contributed by atoms with Crippen LogP contribution in [0.25, 0.3) is 0 Å². The van der Waals surface area contributed by atoms with Gasteiger partial charge >= 0.3 is 0 Å². The normalized spacial score (nSPS) is 19.6. The molecule has 5 heteroatoms. The zero-order chi connectivity index (χ0) is 14.7. The number of amides is 1. The van der Waals surface area contributed by atoms with Gasteiger partial charge in [0.1, 0.15) is 5.82 Å². The maximum Gasteiger partial charge on any atom is 0.254 e. The summed E-state index contributed by atoms with van der Waals surface area (Å²) in [6.07, 6.45) is 1.08. The van der Waals surface area contributed by atoms with E-state index in [1.807, 2.05) is 0 Å². The van der Waals surface area contributed by atoms with Crippen molar-refractivity contribution >= 4 is 21.8 Å². The number of likely N-dealkylation sites (tertiary alicyclic amines) is 1. The Bertz CT molecular complexity index is 493. The van der Waals surface area contributed by atoms with Crippen LogP contribution in [-0.2, 0) is 0 Å². The first-order chi connectivity index (χ1) is 9.49. The molecule has 0 aliphatic carbocycles. The molecule has 0 saturated carbocycles. The molecule has 1 aliphatic rings. The smallest absolute Gasteiger partial charge is 0.254 e. The molecule has 1 aliphatic heterocycles. The van der Waals surface area contributed by atoms with Gasteiger partial charge in [-0.3, -0.25) is 4.79 Å². The van der Waals surface area contributed by atoms with Crippen molar-refractivity contribution < 1.29 is 9.18 Å². The van der Waals surface area contributed by atoms with Crippen molar-refractivity contribution in [3.8, 4) is 0 Å². The lowest BCUT2D eigenvalue weighted by molar-refractivity contribution is 0.0943. The van der Waals surface area contributed by atoms with Gasteiger partial charge in [-0.15, -0.1) is 0 Å². The molecule has 1 aromatic rings. The zero-order valence-corrected chi connectivity index (χ0v) is 13.4. The fourth-order valence-corrected chi connectivity index (χ4v) is 2.88. The second-order valence-corrected chi connectivity index (χ2v) is 6.41. The molecule has 0 radical (unpaired) electrons. The zero-order valence-electron chi connectivity index (χ0n) is 11.8. The molecule has 110 valence electrons. The predicted molar refractivity (Wildman–Crippen MR) is 81.2 cm³/mol. The van der Waals surface area contributed by atoms with Crippen LogP contribution in [-0.4, -0.2) is 36.5 Å². The van der Waals surface area contributed by atoms with E-state index >= 15 is 0 Å². The Morgan fingerprint density at radius 2 is 2.30 bits per heavy atom. The van der Waals surface area contributed by atoms with E-state index in [0.717, 1.165) is 19.5 Å². The van der Waals surface area contributed by atoms with E-state index in [0.29, 0.717) is 23.0 Å². The van der Waals surface area contributed by atoms with Gasteiger partial charge in [0, 0.05) is 19.1 Å². The Labute approximate surface area is 127 Å². The maximum absolute atomic E-state index is 13.8. The minimum Gasteiger partial charge on any atom is -0.352 e. The number of carbonyl (C=O) groups excluding carboxylic acids is 1. The van der Waals surface area contributed by atoms with Crippen molar-refractivity contribution in [1.82, 2.24) is 10.2 Å². The SMILES string of the molecule is CC(C)N1CCC(CNC(=O)c2cccc(Br)c2F)C1. The number of rotatable bonds is 4.